The number of carbonyl (C=O) groups excluding carboxylic acids is 2. The van der Waals surface area contributed by atoms with Crippen molar-refractivity contribution in [1.29, 1.82) is 0 Å². The van der Waals surface area contributed by atoms with Crippen molar-refractivity contribution < 1.29 is 19.1 Å². The van der Waals surface area contributed by atoms with E-state index in [0.717, 1.165) is 138 Å². The number of rotatable bonds is 23. The highest BCUT2D eigenvalue weighted by molar-refractivity contribution is 7.58. The van der Waals surface area contributed by atoms with E-state index in [1.807, 2.05) is 82.5 Å². The summed E-state index contributed by atoms with van der Waals surface area (Å²) in [6.45, 7) is 42.1. The van der Waals surface area contributed by atoms with Gasteiger partial charge in [0.1, 0.15) is 90.3 Å². The Balaban J connectivity index is 0.694. The zero-order valence-corrected chi connectivity index (χ0v) is 80.4. The third-order valence-corrected chi connectivity index (χ3v) is 38.4. The predicted octanol–water partition coefficient (Wildman–Crippen LogP) is 32.8. The normalized spacial score (nSPS) is 16.4. The second-order valence-electron chi connectivity index (χ2n) is 38.8. The van der Waals surface area contributed by atoms with Gasteiger partial charge in [-0.25, -0.2) is 19.9 Å². The summed E-state index contributed by atoms with van der Waals surface area (Å²) in [5.41, 5.74) is 14.5. The van der Waals surface area contributed by atoms with Crippen molar-refractivity contribution >= 4 is 170 Å². The van der Waals surface area contributed by atoms with Gasteiger partial charge >= 0.3 is 0 Å². The van der Waals surface area contributed by atoms with Crippen LogP contribution in [0.5, 0.6) is 11.5 Å². The number of fused-ring (bicyclic) bond motifs is 16. The predicted molar refractivity (Wildman–Crippen MR) is 520 cm³/mol. The van der Waals surface area contributed by atoms with Crippen LogP contribution in [0.4, 0.5) is 22.7 Å². The molecule has 0 spiro atoms. The fourth-order valence-corrected chi connectivity index (χ4v) is 29.5. The van der Waals surface area contributed by atoms with E-state index in [9.17, 15) is 9.59 Å². The molecule has 12 nitrogen and oxygen atoms in total. The number of carbonyl (C=O) groups is 2. The number of ketones is 2. The van der Waals surface area contributed by atoms with Gasteiger partial charge in [-0.05, 0) is 135 Å². The number of ether oxygens (including phenoxy) is 2. The van der Waals surface area contributed by atoms with Crippen molar-refractivity contribution in [2.24, 2.45) is 41.1 Å². The van der Waals surface area contributed by atoms with E-state index in [2.05, 4.69) is 197 Å². The molecule has 0 fully saturated rings. The third kappa shape index (κ3) is 13.7. The Labute approximate surface area is 754 Å². The molecular formula is C100H98N8O4S10. The van der Waals surface area contributed by atoms with Gasteiger partial charge in [0, 0.05) is 137 Å². The van der Waals surface area contributed by atoms with E-state index in [-0.39, 0.29) is 22.4 Å². The van der Waals surface area contributed by atoms with Crippen molar-refractivity contribution in [3.63, 3.8) is 0 Å². The molecule has 6 aliphatic rings. The van der Waals surface area contributed by atoms with Gasteiger partial charge in [-0.15, -0.1) is 90.7 Å². The van der Waals surface area contributed by atoms with Gasteiger partial charge in [0.25, 0.3) is 0 Å². The molecule has 2 unspecified atom stereocenters. The van der Waals surface area contributed by atoms with Gasteiger partial charge in [-0.1, -0.05) is 198 Å². The van der Waals surface area contributed by atoms with Gasteiger partial charge in [-0.3, -0.25) is 9.59 Å². The molecule has 20 rings (SSSR count). The van der Waals surface area contributed by atoms with Gasteiger partial charge in [0.2, 0.25) is 11.6 Å². The number of benzene rings is 4. The van der Waals surface area contributed by atoms with Gasteiger partial charge in [0.15, 0.2) is 0 Å². The van der Waals surface area contributed by atoms with Gasteiger partial charge in [-0.2, -0.15) is 17.5 Å². The monoisotopic (exact) mass is 1790 g/mol. The number of thiophene rings is 8. The minimum Gasteiger partial charge on any atom is -0.482 e. The van der Waals surface area contributed by atoms with Crippen LogP contribution in [0.3, 0.4) is 0 Å². The largest absolute Gasteiger partial charge is 0.482 e. The summed E-state index contributed by atoms with van der Waals surface area (Å²) in [6.07, 6.45) is 11.2. The minimum absolute atomic E-state index is 0.00692. The maximum Gasteiger partial charge on any atom is 0.214 e. The van der Waals surface area contributed by atoms with Crippen LogP contribution in [0.2, 0.25) is 0 Å². The maximum absolute atomic E-state index is 14.7. The standard InChI is InChI=1S/C100H98N8O4S10/c1-49(2)25-23-27-51(5)41-43-100(44-42-52(6)28-24-26-50(3)4)58-46-72(120-92(58)94-60(112-100)48-68(118-94)62-34-36-64(114-62)73-81-79(101-77-53-29-19-21-31-55(53)89(109)87(77)103-81)75(85-83(73)105-121-107-85)65-37-39-69(115-65)95(7,8)9)98(15,16)97(13,14)70-40-38-66(116-70)76-80-82(104-88-78(102-80)54-30-20-22-32-56(54)90(88)110)74(84-86(76)108-122-106-84)63-35-33-61(113-63)67-47-59-93(117-67)91-57(99(17,18)111-59)45-71(119-91)96(10,11)12/h19-22,29-40,45-52H,23-28,41-44H2,1-18H3. The smallest absolute Gasteiger partial charge is 0.214 e. The molecule has 0 bridgehead atoms. The first-order valence-corrected chi connectivity index (χ1v) is 50.9. The van der Waals surface area contributed by atoms with Crippen LogP contribution >= 0.6 is 90.7 Å². The lowest BCUT2D eigenvalue weighted by Crippen LogP contribution is -2.39. The molecule has 2 atom stereocenters. The average Bonchev–Trinajstić information content (AvgIpc) is 1.47. The highest BCUT2D eigenvalue weighted by Gasteiger charge is 2.49. The molecular weight excluding hydrogens is 1700 g/mol. The van der Waals surface area contributed by atoms with E-state index in [1.54, 1.807) is 56.7 Å². The van der Waals surface area contributed by atoms with Crippen molar-refractivity contribution in [1.82, 2.24) is 19.9 Å². The van der Waals surface area contributed by atoms with Crippen molar-refractivity contribution in [2.75, 3.05) is 0 Å². The Bertz CT molecular complexity index is 6860. The molecule has 2 aliphatic carbocycles. The lowest BCUT2D eigenvalue weighted by atomic mass is 9.66. The molecule has 14 aromatic rings. The highest BCUT2D eigenvalue weighted by atomic mass is 32.1. The quantitative estimate of drug-likeness (QED) is 0.0613. The Morgan fingerprint density at radius 3 is 1.18 bits per heavy atom. The highest BCUT2D eigenvalue weighted by Crippen LogP contribution is 2.65. The van der Waals surface area contributed by atoms with Crippen LogP contribution in [0, 0.1) is 23.7 Å². The van der Waals surface area contributed by atoms with Crippen molar-refractivity contribution in [3.8, 4) is 115 Å². The first kappa shape index (κ1) is 82.0. The molecule has 0 N–H and O–H groups in total. The van der Waals surface area contributed by atoms with E-state index >= 15 is 0 Å². The first-order valence-electron chi connectivity index (χ1n) is 42.9. The molecule has 22 heteroatoms. The SMILES string of the molecule is CC(C)CCCC(C)CCC1(CCC(C)CCCC(C)C)Oc2cc(-c3ccc(-c4c5c(c(-c6ccc(C(C)(C)C)s6)c6nc7c(nc46)C(=O)c4ccccc4-7)N=S=N5)s3)sc2-c2sc(C(C)(C)C(C)(C)c3ccc(-c4c5c(c(-c6ccc(-c7cc8c(s7)-c7sc(C(C)(C)C)cc7C(C)(C)O8)s6)c6nc7c(nc46)-c4ccccc4C7=O)N=S=N5)s3)cc21. The van der Waals surface area contributed by atoms with E-state index < -0.39 is 22.0 Å². The van der Waals surface area contributed by atoms with Crippen LogP contribution < -0.4 is 9.47 Å². The maximum atomic E-state index is 14.7. The molecule has 4 aliphatic heterocycles. The summed E-state index contributed by atoms with van der Waals surface area (Å²) in [4.78, 5) is 69.9. The molecule has 622 valence electrons. The van der Waals surface area contributed by atoms with E-state index in [4.69, 9.17) is 46.9 Å². The van der Waals surface area contributed by atoms with E-state index in [0.29, 0.717) is 74.1 Å². The number of aromatic nitrogens is 4. The van der Waals surface area contributed by atoms with Crippen LogP contribution in [0.25, 0.3) is 125 Å². The molecule has 0 saturated carbocycles. The second-order valence-corrected chi connectivity index (χ2v) is 48.4. The summed E-state index contributed by atoms with van der Waals surface area (Å²) in [5, 5.41) is 0. The topological polar surface area (TPSA) is 154 Å². The fraction of sp³-hybridized carbons (Fsp3) is 0.380. The third-order valence-electron chi connectivity index (χ3n) is 26.2. The number of hydrogen-bond donors (Lipinski definition) is 0. The number of nitrogens with zero attached hydrogens (tertiary/aromatic N) is 8. The molecule has 10 aromatic heterocycles. The van der Waals surface area contributed by atoms with Crippen LogP contribution in [0.15, 0.2) is 139 Å². The molecule has 0 radical (unpaired) electrons. The van der Waals surface area contributed by atoms with Crippen LogP contribution in [-0.2, 0) is 55.6 Å². The van der Waals surface area contributed by atoms with Gasteiger partial charge in [0.05, 0.1) is 42.2 Å². The van der Waals surface area contributed by atoms with Crippen molar-refractivity contribution in [3.05, 3.63) is 174 Å². The molecule has 4 aromatic carbocycles. The van der Waals surface area contributed by atoms with Gasteiger partial charge < -0.3 is 9.47 Å². The fourth-order valence-electron chi connectivity index (χ4n) is 18.3. The Kier molecular flexibility index (Phi) is 20.3. The minimum atomic E-state index is -0.584. The van der Waals surface area contributed by atoms with E-state index in [1.165, 1.54) is 111 Å². The molecule has 0 saturated heterocycles. The zero-order chi connectivity index (χ0) is 84.9. The number of hydrogen-bond acceptors (Lipinski definition) is 20. The van der Waals surface area contributed by atoms with Crippen LogP contribution in [-0.4, -0.2) is 31.5 Å². The summed E-state index contributed by atoms with van der Waals surface area (Å²) in [6, 6.07) is 43.0. The Morgan fingerprint density at radius 1 is 0.352 bits per heavy atom. The first-order chi connectivity index (χ1) is 58.2. The zero-order valence-electron chi connectivity index (χ0n) is 72.2. The molecule has 14 heterocycles. The summed E-state index contributed by atoms with van der Waals surface area (Å²) in [7, 11) is 0. The Hall–Kier alpha value is -8.26. The van der Waals surface area contributed by atoms with Crippen molar-refractivity contribution in [2.45, 2.75) is 222 Å². The lowest BCUT2D eigenvalue weighted by molar-refractivity contribution is 0.0322. The average molecular weight is 1800 g/mol. The molecule has 0 amide bonds. The lowest BCUT2D eigenvalue weighted by Gasteiger charge is -2.41. The Morgan fingerprint density at radius 2 is 0.730 bits per heavy atom. The molecule has 122 heavy (non-hydrogen) atoms. The summed E-state index contributed by atoms with van der Waals surface area (Å²) < 4.78 is 35.6. The summed E-state index contributed by atoms with van der Waals surface area (Å²) in [5.74, 6) is 4.01. The summed E-state index contributed by atoms with van der Waals surface area (Å²) >= 11 is 16.9. The second kappa shape index (κ2) is 30.2. The van der Waals surface area contributed by atoms with Crippen LogP contribution in [0.1, 0.15) is 252 Å².